The normalized spacial score (nSPS) is 12.4. The Labute approximate surface area is 93.4 Å². The highest BCUT2D eigenvalue weighted by Gasteiger charge is 2.21. The first-order valence-corrected chi connectivity index (χ1v) is 5.88. The number of hydrogen-bond donors (Lipinski definition) is 0. The van der Waals surface area contributed by atoms with Gasteiger partial charge in [0.1, 0.15) is 11.5 Å². The highest BCUT2D eigenvalue weighted by atomic mass is 32.2. The Morgan fingerprint density at radius 1 is 1.67 bits per heavy atom. The van der Waals surface area contributed by atoms with Crippen LogP contribution >= 0.6 is 11.8 Å². The van der Waals surface area contributed by atoms with Crippen LogP contribution in [-0.4, -0.2) is 22.8 Å². The number of oxazole rings is 1. The van der Waals surface area contributed by atoms with Crippen LogP contribution in [0.25, 0.3) is 0 Å². The van der Waals surface area contributed by atoms with Gasteiger partial charge in [0.2, 0.25) is 0 Å². The minimum Gasteiger partial charge on any atom is -0.465 e. The first kappa shape index (κ1) is 12.1. The fourth-order valence-corrected chi connectivity index (χ4v) is 2.11. The average Bonchev–Trinajstić information content (AvgIpc) is 2.70. The third-order valence-electron chi connectivity index (χ3n) is 1.75. The van der Waals surface area contributed by atoms with Crippen molar-refractivity contribution < 1.29 is 13.9 Å². The smallest absolute Gasteiger partial charge is 0.319 e. The number of aromatic nitrogens is 1. The molecule has 1 rings (SSSR count). The zero-order valence-corrected chi connectivity index (χ0v) is 9.75. The van der Waals surface area contributed by atoms with Crippen LogP contribution in [0.3, 0.4) is 0 Å². The SMILES string of the molecule is CCCC(Sc1ncco1)C(=O)OCC. The zero-order valence-electron chi connectivity index (χ0n) is 8.93. The molecule has 0 aliphatic carbocycles. The third-order valence-corrected chi connectivity index (χ3v) is 2.87. The van der Waals surface area contributed by atoms with Gasteiger partial charge in [0, 0.05) is 0 Å². The number of carbonyl (C=O) groups excluding carboxylic acids is 1. The predicted molar refractivity (Wildman–Crippen MR) is 57.7 cm³/mol. The molecular weight excluding hydrogens is 214 g/mol. The molecule has 0 amide bonds. The topological polar surface area (TPSA) is 52.3 Å². The van der Waals surface area contributed by atoms with E-state index in [9.17, 15) is 4.79 Å². The maximum Gasteiger partial charge on any atom is 0.319 e. The van der Waals surface area contributed by atoms with Crippen LogP contribution in [0.1, 0.15) is 26.7 Å². The molecular formula is C10H15NO3S. The van der Waals surface area contributed by atoms with Crippen molar-refractivity contribution in [3.63, 3.8) is 0 Å². The van der Waals surface area contributed by atoms with E-state index in [4.69, 9.17) is 9.15 Å². The van der Waals surface area contributed by atoms with E-state index < -0.39 is 0 Å². The Hall–Kier alpha value is -0.970. The van der Waals surface area contributed by atoms with Crippen molar-refractivity contribution in [3.8, 4) is 0 Å². The van der Waals surface area contributed by atoms with E-state index in [2.05, 4.69) is 4.98 Å². The molecule has 0 N–H and O–H groups in total. The van der Waals surface area contributed by atoms with E-state index in [0.717, 1.165) is 12.8 Å². The van der Waals surface area contributed by atoms with Gasteiger partial charge in [-0.3, -0.25) is 4.79 Å². The lowest BCUT2D eigenvalue weighted by atomic mass is 10.2. The minimum absolute atomic E-state index is 0.192. The number of carbonyl (C=O) groups is 1. The number of thioether (sulfide) groups is 1. The van der Waals surface area contributed by atoms with Crippen molar-refractivity contribution in [2.45, 2.75) is 37.2 Å². The second kappa shape index (κ2) is 6.50. The van der Waals surface area contributed by atoms with Crippen LogP contribution < -0.4 is 0 Å². The largest absolute Gasteiger partial charge is 0.465 e. The van der Waals surface area contributed by atoms with Crippen molar-refractivity contribution in [1.29, 1.82) is 0 Å². The van der Waals surface area contributed by atoms with Gasteiger partial charge in [-0.2, -0.15) is 0 Å². The number of nitrogens with zero attached hydrogens (tertiary/aromatic N) is 1. The first-order chi connectivity index (χ1) is 7.27. The van der Waals surface area contributed by atoms with Crippen molar-refractivity contribution in [2.24, 2.45) is 0 Å². The average molecular weight is 229 g/mol. The first-order valence-electron chi connectivity index (χ1n) is 5.00. The lowest BCUT2D eigenvalue weighted by Gasteiger charge is -2.11. The van der Waals surface area contributed by atoms with Gasteiger partial charge in [0.05, 0.1) is 12.8 Å². The number of ether oxygens (including phenoxy) is 1. The van der Waals surface area contributed by atoms with E-state index in [1.54, 1.807) is 13.1 Å². The van der Waals surface area contributed by atoms with E-state index in [-0.39, 0.29) is 11.2 Å². The van der Waals surface area contributed by atoms with Gasteiger partial charge in [-0.05, 0) is 13.3 Å². The monoisotopic (exact) mass is 229 g/mol. The molecule has 0 fully saturated rings. The molecule has 0 radical (unpaired) electrons. The maximum atomic E-state index is 11.5. The fraction of sp³-hybridized carbons (Fsp3) is 0.600. The molecule has 15 heavy (non-hydrogen) atoms. The summed E-state index contributed by atoms with van der Waals surface area (Å²) < 4.78 is 10.1. The minimum atomic E-state index is -0.214. The number of esters is 1. The molecule has 1 aromatic heterocycles. The zero-order chi connectivity index (χ0) is 11.1. The van der Waals surface area contributed by atoms with Crippen LogP contribution in [0.4, 0.5) is 0 Å². The Morgan fingerprint density at radius 3 is 3.00 bits per heavy atom. The summed E-state index contributed by atoms with van der Waals surface area (Å²) in [5.74, 6) is -0.192. The van der Waals surface area contributed by atoms with E-state index in [1.807, 2.05) is 6.92 Å². The molecule has 84 valence electrons. The molecule has 5 heteroatoms. The molecule has 0 saturated heterocycles. The van der Waals surface area contributed by atoms with Gasteiger partial charge in [-0.1, -0.05) is 25.1 Å². The molecule has 0 aliphatic rings. The Bertz CT molecular complexity index is 287. The summed E-state index contributed by atoms with van der Waals surface area (Å²) >= 11 is 1.32. The molecule has 4 nitrogen and oxygen atoms in total. The molecule has 0 spiro atoms. The summed E-state index contributed by atoms with van der Waals surface area (Å²) in [6.07, 6.45) is 4.76. The fourth-order valence-electron chi connectivity index (χ4n) is 1.11. The van der Waals surface area contributed by atoms with Crippen molar-refractivity contribution in [2.75, 3.05) is 6.61 Å². The Kier molecular flexibility index (Phi) is 5.25. The van der Waals surface area contributed by atoms with Gasteiger partial charge in [0.25, 0.3) is 5.22 Å². The van der Waals surface area contributed by atoms with Crippen molar-refractivity contribution in [1.82, 2.24) is 4.98 Å². The van der Waals surface area contributed by atoms with Crippen LogP contribution in [0.2, 0.25) is 0 Å². The number of rotatable bonds is 6. The molecule has 0 saturated carbocycles. The summed E-state index contributed by atoms with van der Waals surface area (Å²) in [6.45, 7) is 4.24. The molecule has 1 heterocycles. The summed E-state index contributed by atoms with van der Waals surface area (Å²) in [4.78, 5) is 15.5. The van der Waals surface area contributed by atoms with Crippen LogP contribution in [0, 0.1) is 0 Å². The van der Waals surface area contributed by atoms with Crippen LogP contribution in [0.15, 0.2) is 22.1 Å². The van der Waals surface area contributed by atoms with Gasteiger partial charge < -0.3 is 9.15 Å². The van der Waals surface area contributed by atoms with Crippen molar-refractivity contribution in [3.05, 3.63) is 12.5 Å². The molecule has 0 aromatic carbocycles. The molecule has 1 unspecified atom stereocenters. The van der Waals surface area contributed by atoms with E-state index in [0.29, 0.717) is 11.8 Å². The van der Waals surface area contributed by atoms with E-state index in [1.165, 1.54) is 18.0 Å². The summed E-state index contributed by atoms with van der Waals surface area (Å²) in [5.41, 5.74) is 0. The third kappa shape index (κ3) is 3.95. The van der Waals surface area contributed by atoms with Gasteiger partial charge in [-0.15, -0.1) is 0 Å². The van der Waals surface area contributed by atoms with Crippen LogP contribution in [-0.2, 0) is 9.53 Å². The predicted octanol–water partition coefficient (Wildman–Crippen LogP) is 2.50. The highest BCUT2D eigenvalue weighted by molar-refractivity contribution is 8.00. The maximum absolute atomic E-state index is 11.5. The molecule has 0 aliphatic heterocycles. The standard InChI is InChI=1S/C10H15NO3S/c1-3-5-8(9(12)13-4-2)15-10-11-6-7-14-10/h6-8H,3-5H2,1-2H3. The second-order valence-electron chi connectivity index (χ2n) is 2.95. The molecule has 1 atom stereocenters. The highest BCUT2D eigenvalue weighted by Crippen LogP contribution is 2.25. The van der Waals surface area contributed by atoms with Crippen LogP contribution in [0.5, 0.6) is 0 Å². The molecule has 1 aromatic rings. The number of hydrogen-bond acceptors (Lipinski definition) is 5. The van der Waals surface area contributed by atoms with Crippen molar-refractivity contribution >= 4 is 17.7 Å². The second-order valence-corrected chi connectivity index (χ2v) is 4.10. The summed E-state index contributed by atoms with van der Waals surface area (Å²) in [7, 11) is 0. The summed E-state index contributed by atoms with van der Waals surface area (Å²) in [6, 6.07) is 0. The Morgan fingerprint density at radius 2 is 2.47 bits per heavy atom. The van der Waals surface area contributed by atoms with Gasteiger partial charge >= 0.3 is 5.97 Å². The quantitative estimate of drug-likeness (QED) is 0.554. The van der Waals surface area contributed by atoms with Gasteiger partial charge in [-0.25, -0.2) is 4.98 Å². The molecule has 0 bridgehead atoms. The summed E-state index contributed by atoms with van der Waals surface area (Å²) in [5, 5.41) is 0.301. The lowest BCUT2D eigenvalue weighted by Crippen LogP contribution is -2.20. The van der Waals surface area contributed by atoms with E-state index >= 15 is 0 Å². The van der Waals surface area contributed by atoms with Gasteiger partial charge in [0.15, 0.2) is 0 Å². The lowest BCUT2D eigenvalue weighted by molar-refractivity contribution is -0.142. The Balaban J connectivity index is 2.53.